The molecule has 0 saturated carbocycles. The Balaban J connectivity index is 1.57. The molecule has 0 atom stereocenters. The number of benzene rings is 2. The molecular formula is C18H16N2S. The van der Waals surface area contributed by atoms with Gasteiger partial charge in [-0.2, -0.15) is 0 Å². The predicted octanol–water partition coefficient (Wildman–Crippen LogP) is 4.51. The van der Waals surface area contributed by atoms with E-state index in [1.807, 2.05) is 11.4 Å². The number of anilines is 2. The number of nitrogens with one attached hydrogen (secondary N) is 1. The first-order valence-corrected chi connectivity index (χ1v) is 7.96. The van der Waals surface area contributed by atoms with E-state index in [0.717, 1.165) is 24.3 Å². The molecule has 1 aromatic heterocycles. The molecule has 0 saturated heterocycles. The molecule has 21 heavy (non-hydrogen) atoms. The smallest absolute Gasteiger partial charge is 0.0514 e. The van der Waals surface area contributed by atoms with Crippen molar-refractivity contribution in [2.75, 3.05) is 11.1 Å². The maximum atomic E-state index is 5.92. The second kappa shape index (κ2) is 4.93. The van der Waals surface area contributed by atoms with E-state index in [9.17, 15) is 0 Å². The van der Waals surface area contributed by atoms with Crippen LogP contribution in [0, 0.1) is 0 Å². The molecule has 0 spiro atoms. The molecule has 2 aromatic carbocycles. The molecule has 0 radical (unpaired) electrons. The van der Waals surface area contributed by atoms with Crippen molar-refractivity contribution in [3.63, 3.8) is 0 Å². The van der Waals surface area contributed by atoms with E-state index >= 15 is 0 Å². The Morgan fingerprint density at radius 3 is 2.71 bits per heavy atom. The fourth-order valence-electron chi connectivity index (χ4n) is 2.93. The number of rotatable bonds is 3. The average molecular weight is 292 g/mol. The molecule has 0 fully saturated rings. The highest BCUT2D eigenvalue weighted by atomic mass is 32.1. The van der Waals surface area contributed by atoms with Gasteiger partial charge in [0, 0.05) is 16.3 Å². The number of nitrogen functional groups attached to an aromatic ring is 1. The number of hydrogen-bond donors (Lipinski definition) is 2. The van der Waals surface area contributed by atoms with Crippen molar-refractivity contribution >= 4 is 22.7 Å². The normalized spacial score (nSPS) is 12.0. The summed E-state index contributed by atoms with van der Waals surface area (Å²) >= 11 is 1.70. The zero-order chi connectivity index (χ0) is 14.2. The summed E-state index contributed by atoms with van der Waals surface area (Å²) in [6.45, 7) is 0.787. The molecule has 3 heteroatoms. The Morgan fingerprint density at radius 1 is 1.00 bits per heavy atom. The highest BCUT2D eigenvalue weighted by Gasteiger charge is 2.17. The van der Waals surface area contributed by atoms with E-state index in [1.165, 1.54) is 27.1 Å². The van der Waals surface area contributed by atoms with E-state index in [1.54, 1.807) is 11.3 Å². The molecular weight excluding hydrogens is 276 g/mol. The standard InChI is InChI=1S/C18H16N2S/c19-17-7-8-21-18(17)11-20-14-5-6-16-13(10-14)9-12-3-1-2-4-15(12)16/h1-8,10,20H,9,11,19H2. The average Bonchev–Trinajstić information content (AvgIpc) is 3.07. The van der Waals surface area contributed by atoms with Crippen molar-refractivity contribution in [2.24, 2.45) is 0 Å². The van der Waals surface area contributed by atoms with Crippen LogP contribution in [0.2, 0.25) is 0 Å². The first-order valence-electron chi connectivity index (χ1n) is 7.08. The number of hydrogen-bond acceptors (Lipinski definition) is 3. The third-order valence-corrected chi connectivity index (χ3v) is 4.96. The van der Waals surface area contributed by atoms with Crippen LogP contribution < -0.4 is 11.1 Å². The van der Waals surface area contributed by atoms with Gasteiger partial charge in [-0.1, -0.05) is 30.3 Å². The van der Waals surface area contributed by atoms with E-state index in [2.05, 4.69) is 47.8 Å². The summed E-state index contributed by atoms with van der Waals surface area (Å²) in [4.78, 5) is 1.19. The third-order valence-electron chi connectivity index (χ3n) is 4.03. The molecule has 3 N–H and O–H groups in total. The van der Waals surface area contributed by atoms with Gasteiger partial charge in [-0.3, -0.25) is 0 Å². The first-order chi connectivity index (χ1) is 10.3. The molecule has 0 unspecified atom stereocenters. The lowest BCUT2D eigenvalue weighted by Gasteiger charge is -2.08. The fourth-order valence-corrected chi connectivity index (χ4v) is 3.67. The largest absolute Gasteiger partial charge is 0.398 e. The summed E-state index contributed by atoms with van der Waals surface area (Å²) in [6, 6.07) is 17.3. The van der Waals surface area contributed by atoms with Crippen LogP contribution in [0.15, 0.2) is 53.9 Å². The van der Waals surface area contributed by atoms with E-state index < -0.39 is 0 Å². The predicted molar refractivity (Wildman–Crippen MR) is 90.7 cm³/mol. The quantitative estimate of drug-likeness (QED) is 0.583. The number of nitrogens with two attached hydrogens (primary N) is 1. The maximum absolute atomic E-state index is 5.92. The van der Waals surface area contributed by atoms with Gasteiger partial charge >= 0.3 is 0 Å². The second-order valence-corrected chi connectivity index (χ2v) is 6.36. The zero-order valence-corrected chi connectivity index (χ0v) is 12.4. The second-order valence-electron chi connectivity index (χ2n) is 5.36. The van der Waals surface area contributed by atoms with Crippen LogP contribution in [0.3, 0.4) is 0 Å². The van der Waals surface area contributed by atoms with E-state index in [0.29, 0.717) is 0 Å². The van der Waals surface area contributed by atoms with Crippen LogP contribution >= 0.6 is 11.3 Å². The Hall–Kier alpha value is -2.26. The first kappa shape index (κ1) is 12.5. The Bertz CT molecular complexity index is 804. The van der Waals surface area contributed by atoms with Crippen molar-refractivity contribution in [2.45, 2.75) is 13.0 Å². The van der Waals surface area contributed by atoms with Crippen LogP contribution in [-0.2, 0) is 13.0 Å². The molecule has 0 aliphatic heterocycles. The molecule has 3 aromatic rings. The number of fused-ring (bicyclic) bond motifs is 3. The maximum Gasteiger partial charge on any atom is 0.0514 e. The molecule has 0 amide bonds. The number of thiophene rings is 1. The van der Waals surface area contributed by atoms with E-state index in [4.69, 9.17) is 5.73 Å². The van der Waals surface area contributed by atoms with Gasteiger partial charge in [0.05, 0.1) is 6.54 Å². The lowest BCUT2D eigenvalue weighted by Crippen LogP contribution is -2.00. The monoisotopic (exact) mass is 292 g/mol. The SMILES string of the molecule is Nc1ccsc1CNc1ccc2c(c1)Cc1ccccc1-2. The lowest BCUT2D eigenvalue weighted by molar-refractivity contribution is 1.18. The van der Waals surface area contributed by atoms with Crippen molar-refractivity contribution in [3.8, 4) is 11.1 Å². The molecule has 1 aliphatic carbocycles. The Labute approximate surface area is 128 Å². The summed E-state index contributed by atoms with van der Waals surface area (Å²) in [5.41, 5.74) is 13.5. The Morgan fingerprint density at radius 2 is 1.86 bits per heavy atom. The molecule has 1 heterocycles. The minimum atomic E-state index is 0.787. The molecule has 4 rings (SSSR count). The van der Waals surface area contributed by atoms with Gasteiger partial charge in [0.25, 0.3) is 0 Å². The van der Waals surface area contributed by atoms with Crippen molar-refractivity contribution in [1.82, 2.24) is 0 Å². The third kappa shape index (κ3) is 2.20. The van der Waals surface area contributed by atoms with Crippen LogP contribution in [0.25, 0.3) is 11.1 Å². The summed E-state index contributed by atoms with van der Waals surface area (Å²) in [6.07, 6.45) is 1.03. The molecule has 1 aliphatic rings. The molecule has 0 bridgehead atoms. The summed E-state index contributed by atoms with van der Waals surface area (Å²) < 4.78 is 0. The van der Waals surface area contributed by atoms with Crippen molar-refractivity contribution in [1.29, 1.82) is 0 Å². The van der Waals surface area contributed by atoms with E-state index in [-0.39, 0.29) is 0 Å². The van der Waals surface area contributed by atoms with Gasteiger partial charge < -0.3 is 11.1 Å². The van der Waals surface area contributed by atoms with Gasteiger partial charge in [-0.25, -0.2) is 0 Å². The lowest BCUT2D eigenvalue weighted by atomic mass is 10.1. The summed E-state index contributed by atoms with van der Waals surface area (Å²) in [7, 11) is 0. The Kier molecular flexibility index (Phi) is 2.93. The molecule has 2 nitrogen and oxygen atoms in total. The van der Waals surface area contributed by atoms with Crippen LogP contribution in [0.1, 0.15) is 16.0 Å². The highest BCUT2D eigenvalue weighted by Crippen LogP contribution is 2.37. The van der Waals surface area contributed by atoms with Crippen LogP contribution in [-0.4, -0.2) is 0 Å². The topological polar surface area (TPSA) is 38.0 Å². The minimum absolute atomic E-state index is 0.787. The van der Waals surface area contributed by atoms with Crippen LogP contribution in [0.4, 0.5) is 11.4 Å². The van der Waals surface area contributed by atoms with Gasteiger partial charge in [0.15, 0.2) is 0 Å². The van der Waals surface area contributed by atoms with Crippen molar-refractivity contribution in [3.05, 3.63) is 69.9 Å². The highest BCUT2D eigenvalue weighted by molar-refractivity contribution is 7.10. The zero-order valence-electron chi connectivity index (χ0n) is 11.6. The van der Waals surface area contributed by atoms with Gasteiger partial charge in [0.1, 0.15) is 0 Å². The van der Waals surface area contributed by atoms with Gasteiger partial charge in [-0.15, -0.1) is 11.3 Å². The van der Waals surface area contributed by atoms with Gasteiger partial charge in [-0.05, 0) is 52.3 Å². The minimum Gasteiger partial charge on any atom is -0.398 e. The molecule has 104 valence electrons. The fraction of sp³-hybridized carbons (Fsp3) is 0.111. The summed E-state index contributed by atoms with van der Waals surface area (Å²) in [5.74, 6) is 0. The van der Waals surface area contributed by atoms with Crippen molar-refractivity contribution < 1.29 is 0 Å². The van der Waals surface area contributed by atoms with Gasteiger partial charge in [0.2, 0.25) is 0 Å². The van der Waals surface area contributed by atoms with Crippen LogP contribution in [0.5, 0.6) is 0 Å². The summed E-state index contributed by atoms with van der Waals surface area (Å²) in [5, 5.41) is 5.51.